The molecule has 0 saturated carbocycles. The van der Waals surface area contributed by atoms with E-state index in [-0.39, 0.29) is 44.2 Å². The van der Waals surface area contributed by atoms with Crippen LogP contribution in [0.25, 0.3) is 0 Å². The van der Waals surface area contributed by atoms with Crippen LogP contribution in [0.4, 0.5) is 26.3 Å². The van der Waals surface area contributed by atoms with Crippen LogP contribution >= 0.6 is 11.3 Å². The molecule has 5 rings (SSSR count). The van der Waals surface area contributed by atoms with Gasteiger partial charge in [-0.1, -0.05) is 30.3 Å². The fourth-order valence-corrected chi connectivity index (χ4v) is 6.46. The molecule has 1 saturated heterocycles. The lowest BCUT2D eigenvalue weighted by Crippen LogP contribution is -2.56. The molecular weight excluding hydrogens is 568 g/mol. The molecule has 218 valence electrons. The molecule has 1 fully saturated rings. The molecule has 41 heavy (non-hydrogen) atoms. The highest BCUT2D eigenvalue weighted by molar-refractivity contribution is 7.10. The van der Waals surface area contributed by atoms with Crippen molar-refractivity contribution in [3.8, 4) is 0 Å². The Kier molecular flexibility index (Phi) is 7.90. The van der Waals surface area contributed by atoms with Gasteiger partial charge in [-0.2, -0.15) is 26.3 Å². The highest BCUT2D eigenvalue weighted by Crippen LogP contribution is 2.39. The van der Waals surface area contributed by atoms with Crippen LogP contribution in [0.1, 0.15) is 50.5 Å². The van der Waals surface area contributed by atoms with E-state index in [1.54, 1.807) is 16.2 Å². The largest absolute Gasteiger partial charge is 0.416 e. The fourth-order valence-electron chi connectivity index (χ4n) is 5.56. The van der Waals surface area contributed by atoms with Gasteiger partial charge in [0.1, 0.15) is 0 Å². The predicted octanol–water partition coefficient (Wildman–Crippen LogP) is 6.11. The number of thiophene rings is 1. The number of halogens is 6. The lowest BCUT2D eigenvalue weighted by atomic mass is 9.92. The SMILES string of the molecule is CC(C(=O)N1CCN(C(=O)c2cc(C(F)(F)F)cc(C(F)(F)F)c2)CC1)N1CCc2sccc2C1c1ccccc1. The lowest BCUT2D eigenvalue weighted by Gasteiger charge is -2.42. The third-order valence-electron chi connectivity index (χ3n) is 7.69. The molecular formula is C29H27F6N3O2S. The molecule has 2 amide bonds. The maximum absolute atomic E-state index is 13.6. The Morgan fingerprint density at radius 3 is 2.00 bits per heavy atom. The molecule has 0 aliphatic carbocycles. The van der Waals surface area contributed by atoms with Gasteiger partial charge in [-0.15, -0.1) is 11.3 Å². The zero-order valence-electron chi connectivity index (χ0n) is 22.0. The lowest BCUT2D eigenvalue weighted by molar-refractivity contribution is -0.143. The van der Waals surface area contributed by atoms with Gasteiger partial charge >= 0.3 is 12.4 Å². The van der Waals surface area contributed by atoms with Crippen LogP contribution in [0, 0.1) is 0 Å². The summed E-state index contributed by atoms with van der Waals surface area (Å²) in [5.74, 6) is -1.08. The molecule has 12 heteroatoms. The van der Waals surface area contributed by atoms with Gasteiger partial charge in [-0.25, -0.2) is 0 Å². The van der Waals surface area contributed by atoms with Crippen LogP contribution in [0.5, 0.6) is 0 Å². The van der Waals surface area contributed by atoms with Gasteiger partial charge in [0, 0.05) is 43.2 Å². The molecule has 2 unspecified atom stereocenters. The van der Waals surface area contributed by atoms with Gasteiger partial charge in [-0.05, 0) is 54.1 Å². The molecule has 2 aliphatic heterocycles. The maximum atomic E-state index is 13.6. The van der Waals surface area contributed by atoms with Crippen molar-refractivity contribution < 1.29 is 35.9 Å². The average Bonchev–Trinajstić information content (AvgIpc) is 3.44. The van der Waals surface area contributed by atoms with E-state index in [1.807, 2.05) is 37.3 Å². The smallest absolute Gasteiger partial charge is 0.338 e. The monoisotopic (exact) mass is 595 g/mol. The van der Waals surface area contributed by atoms with Crippen LogP contribution in [0.3, 0.4) is 0 Å². The summed E-state index contributed by atoms with van der Waals surface area (Å²) < 4.78 is 79.6. The minimum Gasteiger partial charge on any atom is -0.338 e. The van der Waals surface area contributed by atoms with Crippen LogP contribution in [-0.2, 0) is 23.6 Å². The van der Waals surface area contributed by atoms with Crippen molar-refractivity contribution in [2.75, 3.05) is 32.7 Å². The number of nitrogens with zero attached hydrogens (tertiary/aromatic N) is 3. The third kappa shape index (κ3) is 5.99. The Morgan fingerprint density at radius 2 is 1.41 bits per heavy atom. The van der Waals surface area contributed by atoms with Crippen molar-refractivity contribution in [1.82, 2.24) is 14.7 Å². The Bertz CT molecular complexity index is 1380. The molecule has 1 aromatic heterocycles. The molecule has 3 heterocycles. The zero-order valence-corrected chi connectivity index (χ0v) is 22.8. The summed E-state index contributed by atoms with van der Waals surface area (Å²) >= 11 is 1.70. The number of alkyl halides is 6. The van der Waals surface area contributed by atoms with Crippen LogP contribution in [0.15, 0.2) is 60.0 Å². The minimum absolute atomic E-state index is 0.00285. The van der Waals surface area contributed by atoms with E-state index < -0.39 is 41.0 Å². The summed E-state index contributed by atoms with van der Waals surface area (Å²) in [6.45, 7) is 2.74. The Balaban J connectivity index is 1.29. The van der Waals surface area contributed by atoms with Crippen molar-refractivity contribution in [2.45, 2.75) is 37.8 Å². The molecule has 3 aromatic rings. The molecule has 0 N–H and O–H groups in total. The van der Waals surface area contributed by atoms with E-state index >= 15 is 0 Å². The van der Waals surface area contributed by atoms with E-state index in [4.69, 9.17) is 0 Å². The number of hydrogen-bond acceptors (Lipinski definition) is 4. The van der Waals surface area contributed by atoms with Crippen molar-refractivity contribution in [2.24, 2.45) is 0 Å². The van der Waals surface area contributed by atoms with E-state index in [1.165, 1.54) is 15.3 Å². The quantitative estimate of drug-likeness (QED) is 0.342. The van der Waals surface area contributed by atoms with Gasteiger partial charge in [-0.3, -0.25) is 14.5 Å². The zero-order chi connectivity index (χ0) is 29.5. The predicted molar refractivity (Wildman–Crippen MR) is 141 cm³/mol. The van der Waals surface area contributed by atoms with Crippen LogP contribution in [0.2, 0.25) is 0 Å². The first-order valence-electron chi connectivity index (χ1n) is 13.1. The van der Waals surface area contributed by atoms with Crippen LogP contribution in [-0.4, -0.2) is 65.3 Å². The molecule has 0 spiro atoms. The van der Waals surface area contributed by atoms with Gasteiger partial charge in [0.15, 0.2) is 0 Å². The minimum atomic E-state index is -5.05. The summed E-state index contributed by atoms with van der Waals surface area (Å²) in [6, 6.07) is 12.3. The standard InChI is InChI=1S/C29H27F6N3O2S/c1-18(38-9-7-24-23(8-14-41-24)25(38)19-5-3-2-4-6-19)26(39)36-10-12-37(13-11-36)27(40)20-15-21(28(30,31)32)17-22(16-20)29(33,34)35/h2-6,8,14-18,25H,7,9-13H2,1H3. The summed E-state index contributed by atoms with van der Waals surface area (Å²) in [7, 11) is 0. The number of carbonyl (C=O) groups excluding carboxylic acids is 2. The maximum Gasteiger partial charge on any atom is 0.416 e. The summed E-state index contributed by atoms with van der Waals surface area (Å²) in [5, 5.41) is 2.05. The number of piperazine rings is 1. The molecule has 0 radical (unpaired) electrons. The van der Waals surface area contributed by atoms with Crippen molar-refractivity contribution in [3.63, 3.8) is 0 Å². The van der Waals surface area contributed by atoms with Gasteiger partial charge in [0.25, 0.3) is 5.91 Å². The first kappa shape index (κ1) is 29.1. The number of fused-ring (bicyclic) bond motifs is 1. The van der Waals surface area contributed by atoms with Gasteiger partial charge < -0.3 is 9.80 Å². The fraction of sp³-hybridized carbons (Fsp3) is 0.379. The molecule has 5 nitrogen and oxygen atoms in total. The first-order valence-corrected chi connectivity index (χ1v) is 14.0. The Morgan fingerprint density at radius 1 is 0.829 bits per heavy atom. The van der Waals surface area contributed by atoms with E-state index in [0.717, 1.165) is 12.0 Å². The number of hydrogen-bond donors (Lipinski definition) is 0. The molecule has 0 bridgehead atoms. The van der Waals surface area contributed by atoms with Gasteiger partial charge in [0.2, 0.25) is 5.91 Å². The highest BCUT2D eigenvalue weighted by Gasteiger charge is 2.40. The van der Waals surface area contributed by atoms with Crippen molar-refractivity contribution in [1.29, 1.82) is 0 Å². The van der Waals surface area contributed by atoms with Gasteiger partial charge in [0.05, 0.1) is 23.2 Å². The summed E-state index contributed by atoms with van der Waals surface area (Å²) in [5.41, 5.74) is -1.53. The van der Waals surface area contributed by atoms with E-state index in [9.17, 15) is 35.9 Å². The third-order valence-corrected chi connectivity index (χ3v) is 8.68. The van der Waals surface area contributed by atoms with Crippen molar-refractivity contribution in [3.05, 3.63) is 92.7 Å². The second-order valence-corrected chi connectivity index (χ2v) is 11.2. The second-order valence-electron chi connectivity index (χ2n) is 10.2. The highest BCUT2D eigenvalue weighted by atomic mass is 32.1. The van der Waals surface area contributed by atoms with Crippen molar-refractivity contribution >= 4 is 23.2 Å². The second kappa shape index (κ2) is 11.1. The first-order chi connectivity index (χ1) is 19.3. The average molecular weight is 596 g/mol. The summed E-state index contributed by atoms with van der Waals surface area (Å²) in [6.07, 6.45) is -9.28. The van der Waals surface area contributed by atoms with Crippen LogP contribution < -0.4 is 0 Å². The topological polar surface area (TPSA) is 43.9 Å². The number of amides is 2. The summed E-state index contributed by atoms with van der Waals surface area (Å²) in [4.78, 5) is 32.8. The number of rotatable bonds is 4. The Labute approximate surface area is 237 Å². The number of benzene rings is 2. The Hall–Kier alpha value is -3.38. The number of carbonyl (C=O) groups is 2. The molecule has 2 atom stereocenters. The molecule has 2 aliphatic rings. The molecule has 2 aromatic carbocycles. The van der Waals surface area contributed by atoms with E-state index in [2.05, 4.69) is 16.3 Å². The normalized spacial score (nSPS) is 19.1. The van der Waals surface area contributed by atoms with E-state index in [0.29, 0.717) is 18.7 Å².